The maximum absolute atomic E-state index is 12.4. The Kier molecular flexibility index (Phi) is 8.13. The van der Waals surface area contributed by atoms with Gasteiger partial charge in [0.1, 0.15) is 17.2 Å². The van der Waals surface area contributed by atoms with Gasteiger partial charge in [-0.25, -0.2) is 9.59 Å². The summed E-state index contributed by atoms with van der Waals surface area (Å²) in [6, 6.07) is 17.8. The van der Waals surface area contributed by atoms with E-state index in [1.807, 2.05) is 0 Å². The van der Waals surface area contributed by atoms with Gasteiger partial charge in [0.05, 0.1) is 22.7 Å². The normalized spacial score (nSPS) is 10.3. The van der Waals surface area contributed by atoms with Crippen molar-refractivity contribution in [1.29, 1.82) is 0 Å². The zero-order chi connectivity index (χ0) is 23.6. The van der Waals surface area contributed by atoms with E-state index in [4.69, 9.17) is 14.2 Å². The van der Waals surface area contributed by atoms with Crippen LogP contribution in [0.1, 0.15) is 46.9 Å². The summed E-state index contributed by atoms with van der Waals surface area (Å²) in [6.07, 6.45) is 3.21. The van der Waals surface area contributed by atoms with Gasteiger partial charge in [0.2, 0.25) is 0 Å². The molecule has 0 atom stereocenters. The maximum Gasteiger partial charge on any atom is 0.343 e. The number of nitrogens with zero attached hydrogens (tertiary/aromatic N) is 1. The molecule has 0 heterocycles. The van der Waals surface area contributed by atoms with Crippen LogP contribution in [0.5, 0.6) is 17.2 Å². The van der Waals surface area contributed by atoms with Gasteiger partial charge < -0.3 is 14.2 Å². The van der Waals surface area contributed by atoms with Crippen LogP contribution in [0, 0.1) is 10.1 Å². The Morgan fingerprint density at radius 1 is 0.727 bits per heavy atom. The molecule has 0 unspecified atom stereocenters. The average Bonchev–Trinajstić information content (AvgIpc) is 2.83. The number of benzene rings is 3. The molecule has 0 aromatic heterocycles. The number of ether oxygens (including phenoxy) is 3. The highest BCUT2D eigenvalue weighted by atomic mass is 16.6. The molecular weight excluding hydrogens is 426 g/mol. The van der Waals surface area contributed by atoms with E-state index in [0.717, 1.165) is 19.3 Å². The van der Waals surface area contributed by atoms with Crippen molar-refractivity contribution in [3.05, 3.63) is 94.0 Å². The lowest BCUT2D eigenvalue weighted by atomic mass is 10.2. The minimum Gasteiger partial charge on any atom is -0.494 e. The predicted molar refractivity (Wildman–Crippen MR) is 121 cm³/mol. The van der Waals surface area contributed by atoms with Crippen LogP contribution >= 0.6 is 0 Å². The van der Waals surface area contributed by atoms with Gasteiger partial charge in [-0.1, -0.05) is 19.8 Å². The van der Waals surface area contributed by atoms with Gasteiger partial charge in [-0.2, -0.15) is 0 Å². The molecule has 3 aromatic carbocycles. The van der Waals surface area contributed by atoms with Crippen molar-refractivity contribution < 1.29 is 28.7 Å². The number of rotatable bonds is 10. The van der Waals surface area contributed by atoms with Crippen molar-refractivity contribution in [1.82, 2.24) is 0 Å². The molecule has 0 saturated heterocycles. The summed E-state index contributed by atoms with van der Waals surface area (Å²) in [5.74, 6) is -0.0331. The van der Waals surface area contributed by atoms with Crippen molar-refractivity contribution >= 4 is 17.6 Å². The van der Waals surface area contributed by atoms with Crippen molar-refractivity contribution in [3.8, 4) is 17.2 Å². The summed E-state index contributed by atoms with van der Waals surface area (Å²) in [6.45, 7) is 2.76. The molecule has 0 saturated carbocycles. The van der Waals surface area contributed by atoms with Gasteiger partial charge in [0, 0.05) is 12.1 Å². The molecule has 0 spiro atoms. The van der Waals surface area contributed by atoms with Crippen molar-refractivity contribution in [2.24, 2.45) is 0 Å². The van der Waals surface area contributed by atoms with E-state index in [2.05, 4.69) is 6.92 Å². The highest BCUT2D eigenvalue weighted by Crippen LogP contribution is 2.20. The SMILES string of the molecule is CCCCCOc1ccc(C(=O)Oc2ccc(C(=O)Oc3ccc([N+](=O)[O-])cc3)cc2)cc1. The van der Waals surface area contributed by atoms with E-state index < -0.39 is 16.9 Å². The summed E-state index contributed by atoms with van der Waals surface area (Å²) in [5, 5.41) is 10.7. The topological polar surface area (TPSA) is 105 Å². The standard InChI is InChI=1S/C25H23NO7/c1-2-3-4-17-31-21-11-5-18(6-12-21)24(27)32-22-13-7-19(8-14-22)25(28)33-23-15-9-20(10-16-23)26(29)30/h5-16H,2-4,17H2,1H3. The Bertz CT molecular complexity index is 1090. The Balaban J connectivity index is 1.53. The monoisotopic (exact) mass is 449 g/mol. The van der Waals surface area contributed by atoms with E-state index in [9.17, 15) is 19.7 Å². The number of unbranched alkanes of at least 4 members (excludes halogenated alkanes) is 2. The molecule has 0 bridgehead atoms. The molecule has 33 heavy (non-hydrogen) atoms. The van der Waals surface area contributed by atoms with Crippen molar-refractivity contribution in [2.75, 3.05) is 6.61 Å². The largest absolute Gasteiger partial charge is 0.494 e. The lowest BCUT2D eigenvalue weighted by Gasteiger charge is -2.08. The zero-order valence-corrected chi connectivity index (χ0v) is 18.1. The van der Waals surface area contributed by atoms with Crippen molar-refractivity contribution in [3.63, 3.8) is 0 Å². The van der Waals surface area contributed by atoms with Crippen LogP contribution < -0.4 is 14.2 Å². The first kappa shape index (κ1) is 23.5. The quantitative estimate of drug-likeness (QED) is 0.130. The van der Waals surface area contributed by atoms with E-state index in [1.165, 1.54) is 48.5 Å². The summed E-state index contributed by atoms with van der Waals surface area (Å²) in [4.78, 5) is 34.8. The van der Waals surface area contributed by atoms with E-state index in [1.54, 1.807) is 24.3 Å². The van der Waals surface area contributed by atoms with Crippen LogP contribution in [-0.4, -0.2) is 23.5 Å². The van der Waals surface area contributed by atoms with Gasteiger partial charge in [-0.05, 0) is 67.1 Å². The molecular formula is C25H23NO7. The second kappa shape index (κ2) is 11.4. The van der Waals surface area contributed by atoms with Gasteiger partial charge in [-0.15, -0.1) is 0 Å². The van der Waals surface area contributed by atoms with Crippen LogP contribution in [0.4, 0.5) is 5.69 Å². The summed E-state index contributed by atoms with van der Waals surface area (Å²) in [5.41, 5.74) is 0.505. The molecule has 3 aromatic rings. The Hall–Kier alpha value is -4.20. The molecule has 170 valence electrons. The molecule has 0 aliphatic rings. The zero-order valence-electron chi connectivity index (χ0n) is 18.1. The Labute approximate surface area is 190 Å². The van der Waals surface area contributed by atoms with Gasteiger partial charge in [0.15, 0.2) is 0 Å². The summed E-state index contributed by atoms with van der Waals surface area (Å²) in [7, 11) is 0. The number of nitro groups is 1. The molecule has 3 rings (SSSR count). The third-order valence-corrected chi connectivity index (χ3v) is 4.67. The van der Waals surface area contributed by atoms with Crippen LogP contribution in [0.2, 0.25) is 0 Å². The van der Waals surface area contributed by atoms with Crippen molar-refractivity contribution in [2.45, 2.75) is 26.2 Å². The highest BCUT2D eigenvalue weighted by molar-refractivity contribution is 5.92. The minimum absolute atomic E-state index is 0.102. The molecule has 0 N–H and O–H groups in total. The Morgan fingerprint density at radius 3 is 1.64 bits per heavy atom. The number of non-ortho nitro benzene ring substituents is 1. The predicted octanol–water partition coefficient (Wildman–Crippen LogP) is 5.60. The fourth-order valence-corrected chi connectivity index (χ4v) is 2.86. The van der Waals surface area contributed by atoms with E-state index in [0.29, 0.717) is 17.9 Å². The Morgan fingerprint density at radius 2 is 1.18 bits per heavy atom. The minimum atomic E-state index is -0.642. The smallest absolute Gasteiger partial charge is 0.343 e. The van der Waals surface area contributed by atoms with Crippen LogP contribution in [0.3, 0.4) is 0 Å². The van der Waals surface area contributed by atoms with E-state index in [-0.39, 0.29) is 22.7 Å². The highest BCUT2D eigenvalue weighted by Gasteiger charge is 2.13. The van der Waals surface area contributed by atoms with Gasteiger partial charge in [-0.3, -0.25) is 10.1 Å². The number of hydrogen-bond acceptors (Lipinski definition) is 7. The molecule has 0 fully saturated rings. The first-order valence-electron chi connectivity index (χ1n) is 10.5. The second-order valence-corrected chi connectivity index (χ2v) is 7.13. The number of carbonyl (C=O) groups excluding carboxylic acids is 2. The number of nitro benzene ring substituents is 1. The molecule has 0 aliphatic heterocycles. The molecule has 0 aliphatic carbocycles. The van der Waals surface area contributed by atoms with E-state index >= 15 is 0 Å². The lowest BCUT2D eigenvalue weighted by Crippen LogP contribution is -2.10. The van der Waals surface area contributed by atoms with Crippen LogP contribution in [-0.2, 0) is 0 Å². The fourth-order valence-electron chi connectivity index (χ4n) is 2.86. The number of hydrogen-bond donors (Lipinski definition) is 0. The first-order valence-corrected chi connectivity index (χ1v) is 10.5. The van der Waals surface area contributed by atoms with Crippen LogP contribution in [0.25, 0.3) is 0 Å². The molecule has 0 radical (unpaired) electrons. The third kappa shape index (κ3) is 6.90. The number of esters is 2. The van der Waals surface area contributed by atoms with Crippen LogP contribution in [0.15, 0.2) is 72.8 Å². The first-order chi connectivity index (χ1) is 16.0. The molecule has 8 heteroatoms. The fraction of sp³-hybridized carbons (Fsp3) is 0.200. The lowest BCUT2D eigenvalue weighted by molar-refractivity contribution is -0.384. The summed E-state index contributed by atoms with van der Waals surface area (Å²) < 4.78 is 16.2. The average molecular weight is 449 g/mol. The second-order valence-electron chi connectivity index (χ2n) is 7.13. The van der Waals surface area contributed by atoms with Gasteiger partial charge in [0.25, 0.3) is 5.69 Å². The van der Waals surface area contributed by atoms with Gasteiger partial charge >= 0.3 is 11.9 Å². The third-order valence-electron chi connectivity index (χ3n) is 4.67. The summed E-state index contributed by atoms with van der Waals surface area (Å²) >= 11 is 0. The molecule has 8 nitrogen and oxygen atoms in total. The number of carbonyl (C=O) groups is 2. The molecule has 0 amide bonds. The maximum atomic E-state index is 12.4.